The van der Waals surface area contributed by atoms with E-state index >= 15 is 0 Å². The molecular formula is C28H34N6O5S. The van der Waals surface area contributed by atoms with Gasteiger partial charge < -0.3 is 14.2 Å². The van der Waals surface area contributed by atoms with Gasteiger partial charge in [0.25, 0.3) is 0 Å². The average Bonchev–Trinajstić information content (AvgIpc) is 3.33. The highest BCUT2D eigenvalue weighted by atomic mass is 32.2. The van der Waals surface area contributed by atoms with E-state index in [0.717, 1.165) is 11.1 Å². The fourth-order valence-electron chi connectivity index (χ4n) is 4.29. The van der Waals surface area contributed by atoms with Gasteiger partial charge in [-0.1, -0.05) is 6.07 Å². The third kappa shape index (κ3) is 6.13. The summed E-state index contributed by atoms with van der Waals surface area (Å²) in [5.41, 5.74) is 2.91. The normalized spacial score (nSPS) is 13.3. The fourth-order valence-corrected chi connectivity index (χ4v) is 5.66. The number of hydrogen-bond acceptors (Lipinski definition) is 10. The lowest BCUT2D eigenvalue weighted by Gasteiger charge is -2.25. The molecule has 0 aliphatic rings. The Balaban J connectivity index is 1.85. The minimum atomic E-state index is -3.89. The molecule has 2 atom stereocenters. The first-order valence-corrected chi connectivity index (χ1v) is 14.5. The van der Waals surface area contributed by atoms with Gasteiger partial charge in [0.1, 0.15) is 29.0 Å². The molecule has 0 spiro atoms. The number of aromatic nitrogens is 6. The monoisotopic (exact) mass is 566 g/mol. The zero-order valence-corrected chi connectivity index (χ0v) is 24.5. The van der Waals surface area contributed by atoms with E-state index in [1.54, 1.807) is 54.5 Å². The van der Waals surface area contributed by atoms with Crippen molar-refractivity contribution in [1.82, 2.24) is 29.7 Å². The third-order valence-corrected chi connectivity index (χ3v) is 8.33. The van der Waals surface area contributed by atoms with Crippen LogP contribution in [-0.2, 0) is 20.3 Å². The van der Waals surface area contributed by atoms with E-state index in [1.807, 2.05) is 33.8 Å². The lowest BCUT2D eigenvalue weighted by molar-refractivity contribution is 0.00141. The molecule has 4 aromatic rings. The summed E-state index contributed by atoms with van der Waals surface area (Å²) >= 11 is 0. The molecule has 0 saturated heterocycles. The van der Waals surface area contributed by atoms with E-state index in [0.29, 0.717) is 34.4 Å². The summed E-state index contributed by atoms with van der Waals surface area (Å²) in [5, 5.41) is 7.75. The molecule has 4 rings (SSSR count). The first kappa shape index (κ1) is 29.1. The Morgan fingerprint density at radius 3 is 2.12 bits per heavy atom. The van der Waals surface area contributed by atoms with Crippen molar-refractivity contribution in [2.45, 2.75) is 57.8 Å². The highest BCUT2D eigenvalue weighted by Gasteiger charge is 2.36. The van der Waals surface area contributed by atoms with E-state index in [1.165, 1.54) is 14.2 Å². The molecule has 0 aliphatic carbocycles. The van der Waals surface area contributed by atoms with E-state index in [2.05, 4.69) is 25.1 Å². The van der Waals surface area contributed by atoms with E-state index in [9.17, 15) is 8.42 Å². The van der Waals surface area contributed by atoms with Gasteiger partial charge >= 0.3 is 0 Å². The van der Waals surface area contributed by atoms with Crippen LogP contribution >= 0.6 is 0 Å². The zero-order valence-electron chi connectivity index (χ0n) is 23.7. The predicted octanol–water partition coefficient (Wildman–Crippen LogP) is 4.22. The second kappa shape index (κ2) is 12.1. The van der Waals surface area contributed by atoms with Crippen molar-refractivity contribution in [3.8, 4) is 28.6 Å². The van der Waals surface area contributed by atoms with Gasteiger partial charge in [-0.2, -0.15) is 0 Å². The molecule has 0 unspecified atom stereocenters. The van der Waals surface area contributed by atoms with Gasteiger partial charge in [0.15, 0.2) is 27.3 Å². The van der Waals surface area contributed by atoms with Gasteiger partial charge in [0.05, 0.1) is 25.6 Å². The standard InChI is InChI=1S/C28H34N6O5S/c1-17(2)39-26(27-30-13-19(4)14-31-27)20(5)40(35,36)16-24-32-33-28(21-11-18(3)12-29-15-21)34(24)25-22(37-6)9-8-10-23(25)38-7/h8-15,17,20,26H,16H2,1-7H3/t20-,26-/m1/s1. The lowest BCUT2D eigenvalue weighted by Crippen LogP contribution is -2.32. The Bertz CT molecular complexity index is 1550. The maximum atomic E-state index is 14.0. The van der Waals surface area contributed by atoms with Crippen LogP contribution in [0.4, 0.5) is 0 Å². The van der Waals surface area contributed by atoms with Crippen LogP contribution in [-0.4, -0.2) is 63.7 Å². The summed E-state index contributed by atoms with van der Waals surface area (Å²) in [6.45, 7) is 9.06. The molecule has 0 bridgehead atoms. The molecule has 0 amide bonds. The molecule has 0 saturated carbocycles. The molecule has 0 aliphatic heterocycles. The first-order valence-electron chi connectivity index (χ1n) is 12.8. The van der Waals surface area contributed by atoms with E-state index in [4.69, 9.17) is 14.2 Å². The molecule has 1 aromatic carbocycles. The average molecular weight is 567 g/mol. The topological polar surface area (TPSA) is 131 Å². The van der Waals surface area contributed by atoms with Gasteiger partial charge in [-0.3, -0.25) is 9.55 Å². The summed E-state index contributed by atoms with van der Waals surface area (Å²) in [6, 6.07) is 7.21. The third-order valence-electron chi connectivity index (χ3n) is 6.29. The second-order valence-electron chi connectivity index (χ2n) is 9.77. The maximum absolute atomic E-state index is 14.0. The Morgan fingerprint density at radius 2 is 1.55 bits per heavy atom. The predicted molar refractivity (Wildman–Crippen MR) is 150 cm³/mol. The summed E-state index contributed by atoms with van der Waals surface area (Å²) in [5.74, 6) is 1.36. The van der Waals surface area contributed by atoms with Crippen molar-refractivity contribution in [3.05, 3.63) is 71.8 Å². The van der Waals surface area contributed by atoms with Crippen LogP contribution in [0.1, 0.15) is 49.7 Å². The van der Waals surface area contributed by atoms with Gasteiger partial charge in [-0.05, 0) is 63.9 Å². The molecule has 212 valence electrons. The quantitative estimate of drug-likeness (QED) is 0.260. The van der Waals surface area contributed by atoms with Gasteiger partial charge in [-0.15, -0.1) is 10.2 Å². The van der Waals surface area contributed by atoms with Crippen LogP contribution in [0.3, 0.4) is 0 Å². The molecular weight excluding hydrogens is 532 g/mol. The van der Waals surface area contributed by atoms with Crippen molar-refractivity contribution < 1.29 is 22.6 Å². The summed E-state index contributed by atoms with van der Waals surface area (Å²) in [4.78, 5) is 13.0. The minimum absolute atomic E-state index is 0.180. The molecule has 0 fully saturated rings. The number of methoxy groups -OCH3 is 2. The Kier molecular flexibility index (Phi) is 8.79. The number of nitrogens with zero attached hydrogens (tertiary/aromatic N) is 6. The number of ether oxygens (including phenoxy) is 3. The largest absolute Gasteiger partial charge is 0.494 e. The Morgan fingerprint density at radius 1 is 0.900 bits per heavy atom. The Hall–Kier alpha value is -3.90. The van der Waals surface area contributed by atoms with E-state index in [-0.39, 0.29) is 11.9 Å². The summed E-state index contributed by atoms with van der Waals surface area (Å²) in [7, 11) is -0.824. The Labute approximate surface area is 234 Å². The van der Waals surface area contributed by atoms with Crippen molar-refractivity contribution in [1.29, 1.82) is 0 Å². The van der Waals surface area contributed by atoms with Crippen molar-refractivity contribution in [3.63, 3.8) is 0 Å². The molecule has 12 heteroatoms. The van der Waals surface area contributed by atoms with Crippen LogP contribution < -0.4 is 9.47 Å². The van der Waals surface area contributed by atoms with Crippen molar-refractivity contribution >= 4 is 9.84 Å². The fraction of sp³-hybridized carbons (Fsp3) is 0.393. The number of sulfone groups is 1. The minimum Gasteiger partial charge on any atom is -0.494 e. The number of rotatable bonds is 11. The highest BCUT2D eigenvalue weighted by molar-refractivity contribution is 7.91. The van der Waals surface area contributed by atoms with Crippen LogP contribution in [0.15, 0.2) is 49.1 Å². The van der Waals surface area contributed by atoms with E-state index < -0.39 is 26.9 Å². The maximum Gasteiger partial charge on any atom is 0.170 e. The number of pyridine rings is 1. The number of hydrogen-bond donors (Lipinski definition) is 0. The second-order valence-corrected chi connectivity index (χ2v) is 12.1. The summed E-state index contributed by atoms with van der Waals surface area (Å²) < 4.78 is 46.9. The molecule has 3 aromatic heterocycles. The SMILES string of the molecule is COc1cccc(OC)c1-n1c(CS(=O)(=O)[C@H](C)[C@@H](OC(C)C)c2ncc(C)cn2)nnc1-c1cncc(C)c1. The van der Waals surface area contributed by atoms with Gasteiger partial charge in [-0.25, -0.2) is 18.4 Å². The lowest BCUT2D eigenvalue weighted by atomic mass is 10.2. The highest BCUT2D eigenvalue weighted by Crippen LogP contribution is 2.37. The number of para-hydroxylation sites is 1. The van der Waals surface area contributed by atoms with Crippen molar-refractivity contribution in [2.24, 2.45) is 0 Å². The zero-order chi connectivity index (χ0) is 29.0. The van der Waals surface area contributed by atoms with Crippen LogP contribution in [0, 0.1) is 13.8 Å². The van der Waals surface area contributed by atoms with Crippen LogP contribution in [0.2, 0.25) is 0 Å². The first-order chi connectivity index (χ1) is 19.1. The number of benzene rings is 1. The van der Waals surface area contributed by atoms with Crippen LogP contribution in [0.5, 0.6) is 11.5 Å². The van der Waals surface area contributed by atoms with Crippen LogP contribution in [0.25, 0.3) is 17.1 Å². The number of aryl methyl sites for hydroxylation is 2. The molecule has 40 heavy (non-hydrogen) atoms. The molecule has 11 nitrogen and oxygen atoms in total. The van der Waals surface area contributed by atoms with Gasteiger partial charge in [0, 0.05) is 30.4 Å². The molecule has 0 radical (unpaired) electrons. The van der Waals surface area contributed by atoms with Crippen molar-refractivity contribution in [2.75, 3.05) is 14.2 Å². The smallest absolute Gasteiger partial charge is 0.170 e. The molecule has 3 heterocycles. The van der Waals surface area contributed by atoms with Gasteiger partial charge in [0.2, 0.25) is 0 Å². The summed E-state index contributed by atoms with van der Waals surface area (Å²) in [6.07, 6.45) is 5.52. The molecule has 0 N–H and O–H groups in total.